The minimum atomic E-state index is -4.46. The zero-order valence-electron chi connectivity index (χ0n) is 14.7. The first-order valence-electron chi connectivity index (χ1n) is 7.82. The first-order chi connectivity index (χ1) is 13.5. The third-order valence-electron chi connectivity index (χ3n) is 3.87. The normalized spacial score (nSPS) is 11.5. The number of aromatic nitrogens is 2. The molecule has 5 N–H and O–H groups in total. The first-order valence-corrected chi connectivity index (χ1v) is 9.71. The van der Waals surface area contributed by atoms with Crippen LogP contribution in [-0.2, 0) is 9.84 Å². The smallest absolute Gasteiger partial charge is 0.221 e. The van der Waals surface area contributed by atoms with E-state index in [-0.39, 0.29) is 17.5 Å². The van der Waals surface area contributed by atoms with Crippen molar-refractivity contribution in [3.05, 3.63) is 53.7 Å². The summed E-state index contributed by atoms with van der Waals surface area (Å²) in [7, 11) is -4.46. The molecule has 0 atom stereocenters. The van der Waals surface area contributed by atoms with Gasteiger partial charge in [-0.15, -0.1) is 0 Å². The highest BCUT2D eigenvalue weighted by Crippen LogP contribution is 2.35. The van der Waals surface area contributed by atoms with Crippen LogP contribution in [0.1, 0.15) is 0 Å². The molecule has 152 valence electrons. The number of nitrogens with zero attached hydrogens (tertiary/aromatic N) is 2. The molecule has 0 aliphatic rings. The zero-order valence-corrected chi connectivity index (χ0v) is 15.5. The van der Waals surface area contributed by atoms with E-state index in [2.05, 4.69) is 15.3 Å². The molecule has 0 spiro atoms. The van der Waals surface area contributed by atoms with Crippen LogP contribution in [0.5, 0.6) is 0 Å². The number of rotatable bonds is 4. The van der Waals surface area contributed by atoms with Crippen LogP contribution in [0.2, 0.25) is 0 Å². The van der Waals surface area contributed by atoms with Crippen LogP contribution in [0.25, 0.3) is 11.1 Å². The number of benzene rings is 2. The summed E-state index contributed by atoms with van der Waals surface area (Å²) in [6.45, 7) is 0. The van der Waals surface area contributed by atoms with Gasteiger partial charge in [-0.05, 0) is 17.7 Å². The van der Waals surface area contributed by atoms with Crippen LogP contribution in [0.3, 0.4) is 0 Å². The molecule has 3 aromatic rings. The fraction of sp³-hybridized carbons (Fsp3) is 0.0588. The standard InChI is InChI=1S/C17H13F4N5O2S/c1-29(27,28)15-13(21)11(19)10(18)12(20)14(15)25-8-4-2-3-7(5-8)9-6-24-17(23)26-16(9)22/h2-6,25H,1H3,(H4,22,23,24,26). The Morgan fingerprint density at radius 2 is 1.66 bits per heavy atom. The minimum Gasteiger partial charge on any atom is -0.383 e. The van der Waals surface area contributed by atoms with E-state index in [0.29, 0.717) is 17.4 Å². The molecule has 12 heteroatoms. The summed E-state index contributed by atoms with van der Waals surface area (Å²) in [6.07, 6.45) is 1.87. The van der Waals surface area contributed by atoms with Crippen LogP contribution in [0.4, 0.5) is 40.7 Å². The molecular formula is C17H13F4N5O2S. The molecule has 0 bridgehead atoms. The van der Waals surface area contributed by atoms with Gasteiger partial charge in [0.05, 0.1) is 5.69 Å². The van der Waals surface area contributed by atoms with E-state index in [4.69, 9.17) is 11.5 Å². The second-order valence-corrected chi connectivity index (χ2v) is 7.92. The van der Waals surface area contributed by atoms with E-state index in [1.807, 2.05) is 0 Å². The number of sulfone groups is 1. The predicted octanol–water partition coefficient (Wildman–Crippen LogP) is 3.01. The average Bonchev–Trinajstić information content (AvgIpc) is 2.63. The molecule has 2 aromatic carbocycles. The van der Waals surface area contributed by atoms with Gasteiger partial charge in [0.25, 0.3) is 0 Å². The van der Waals surface area contributed by atoms with Crippen LogP contribution in [0.15, 0.2) is 35.4 Å². The van der Waals surface area contributed by atoms with Gasteiger partial charge >= 0.3 is 0 Å². The molecule has 0 aliphatic heterocycles. The number of nitrogen functional groups attached to an aromatic ring is 2. The Balaban J connectivity index is 2.15. The van der Waals surface area contributed by atoms with Crippen molar-refractivity contribution in [2.75, 3.05) is 23.0 Å². The summed E-state index contributed by atoms with van der Waals surface area (Å²) >= 11 is 0. The van der Waals surface area contributed by atoms with Crippen molar-refractivity contribution in [2.45, 2.75) is 4.90 Å². The van der Waals surface area contributed by atoms with E-state index in [0.717, 1.165) is 0 Å². The number of hydrogen-bond donors (Lipinski definition) is 3. The van der Waals surface area contributed by atoms with Crippen molar-refractivity contribution in [3.63, 3.8) is 0 Å². The SMILES string of the molecule is CS(=O)(=O)c1c(F)c(F)c(F)c(F)c1Nc1cccc(-c2cnc(N)nc2N)c1. The highest BCUT2D eigenvalue weighted by Gasteiger charge is 2.31. The molecule has 0 amide bonds. The molecule has 0 radical (unpaired) electrons. The van der Waals surface area contributed by atoms with Gasteiger partial charge in [0, 0.05) is 23.7 Å². The Morgan fingerprint density at radius 3 is 2.28 bits per heavy atom. The molecule has 1 heterocycles. The Labute approximate surface area is 162 Å². The molecule has 0 aliphatic carbocycles. The second-order valence-electron chi connectivity index (χ2n) is 5.97. The average molecular weight is 427 g/mol. The second kappa shape index (κ2) is 7.20. The lowest BCUT2D eigenvalue weighted by atomic mass is 10.1. The van der Waals surface area contributed by atoms with Crippen molar-refractivity contribution >= 4 is 33.0 Å². The van der Waals surface area contributed by atoms with Gasteiger partial charge in [-0.3, -0.25) is 0 Å². The molecule has 0 saturated carbocycles. The number of nitrogens with one attached hydrogen (secondary N) is 1. The van der Waals surface area contributed by atoms with E-state index in [1.165, 1.54) is 24.4 Å². The minimum absolute atomic E-state index is 0.0351. The topological polar surface area (TPSA) is 124 Å². The Morgan fingerprint density at radius 1 is 1.00 bits per heavy atom. The van der Waals surface area contributed by atoms with Gasteiger partial charge in [0.1, 0.15) is 10.7 Å². The molecule has 0 unspecified atom stereocenters. The van der Waals surface area contributed by atoms with Gasteiger partial charge in [-0.25, -0.2) is 31.0 Å². The van der Waals surface area contributed by atoms with Crippen molar-refractivity contribution in [1.82, 2.24) is 9.97 Å². The summed E-state index contributed by atoms with van der Waals surface area (Å²) < 4.78 is 79.3. The van der Waals surface area contributed by atoms with E-state index < -0.39 is 43.7 Å². The molecule has 3 rings (SSSR count). The van der Waals surface area contributed by atoms with Crippen LogP contribution in [-0.4, -0.2) is 24.6 Å². The maximum absolute atomic E-state index is 14.3. The highest BCUT2D eigenvalue weighted by atomic mass is 32.2. The van der Waals surface area contributed by atoms with Crippen molar-refractivity contribution < 1.29 is 26.0 Å². The van der Waals surface area contributed by atoms with Crippen LogP contribution < -0.4 is 16.8 Å². The maximum atomic E-state index is 14.3. The van der Waals surface area contributed by atoms with Crippen molar-refractivity contribution in [3.8, 4) is 11.1 Å². The predicted molar refractivity (Wildman–Crippen MR) is 99.0 cm³/mol. The maximum Gasteiger partial charge on any atom is 0.221 e. The summed E-state index contributed by atoms with van der Waals surface area (Å²) in [5.41, 5.74) is 11.0. The fourth-order valence-corrected chi connectivity index (χ4v) is 3.54. The molecule has 29 heavy (non-hydrogen) atoms. The molecule has 7 nitrogen and oxygen atoms in total. The van der Waals surface area contributed by atoms with Crippen molar-refractivity contribution in [1.29, 1.82) is 0 Å². The molecule has 0 saturated heterocycles. The monoisotopic (exact) mass is 427 g/mol. The Hall–Kier alpha value is -3.41. The largest absolute Gasteiger partial charge is 0.383 e. The van der Waals surface area contributed by atoms with Crippen molar-refractivity contribution in [2.24, 2.45) is 0 Å². The Bertz CT molecular complexity index is 1230. The van der Waals surface area contributed by atoms with Crippen LogP contribution in [0, 0.1) is 23.3 Å². The summed E-state index contributed by atoms with van der Waals surface area (Å²) in [5.74, 6) is -8.31. The fourth-order valence-electron chi connectivity index (χ4n) is 2.61. The first kappa shape index (κ1) is 20.3. The van der Waals surface area contributed by atoms with E-state index >= 15 is 0 Å². The third kappa shape index (κ3) is 3.78. The number of nitrogens with two attached hydrogens (primary N) is 2. The van der Waals surface area contributed by atoms with Gasteiger partial charge < -0.3 is 16.8 Å². The van der Waals surface area contributed by atoms with E-state index in [9.17, 15) is 26.0 Å². The van der Waals surface area contributed by atoms with Crippen LogP contribution >= 0.6 is 0 Å². The molecule has 0 fully saturated rings. The molecule has 1 aromatic heterocycles. The van der Waals surface area contributed by atoms with Gasteiger partial charge in [-0.2, -0.15) is 4.98 Å². The zero-order chi connectivity index (χ0) is 21.5. The summed E-state index contributed by atoms with van der Waals surface area (Å²) in [5, 5.41) is 2.29. The lowest BCUT2D eigenvalue weighted by molar-refractivity contribution is 0.399. The lowest BCUT2D eigenvalue weighted by Gasteiger charge is -2.15. The number of hydrogen-bond acceptors (Lipinski definition) is 7. The van der Waals surface area contributed by atoms with Gasteiger partial charge in [-0.1, -0.05) is 12.1 Å². The van der Waals surface area contributed by atoms with E-state index in [1.54, 1.807) is 6.07 Å². The third-order valence-corrected chi connectivity index (χ3v) is 5.00. The highest BCUT2D eigenvalue weighted by molar-refractivity contribution is 7.90. The Kier molecular flexibility index (Phi) is 5.05. The lowest BCUT2D eigenvalue weighted by Crippen LogP contribution is -2.12. The quantitative estimate of drug-likeness (QED) is 0.253. The van der Waals surface area contributed by atoms with Gasteiger partial charge in [0.2, 0.25) is 5.95 Å². The summed E-state index contributed by atoms with van der Waals surface area (Å²) in [4.78, 5) is 6.27. The number of halogens is 4. The molecular weight excluding hydrogens is 414 g/mol. The van der Waals surface area contributed by atoms with Gasteiger partial charge in [0.15, 0.2) is 33.1 Å². The summed E-state index contributed by atoms with van der Waals surface area (Å²) in [6, 6.07) is 5.79. The number of anilines is 4.